The van der Waals surface area contributed by atoms with Gasteiger partial charge >= 0.3 is 0 Å². The van der Waals surface area contributed by atoms with Crippen molar-refractivity contribution in [2.45, 2.75) is 19.9 Å². The Bertz CT molecular complexity index is 1340. The van der Waals surface area contributed by atoms with E-state index in [9.17, 15) is 9.18 Å². The lowest BCUT2D eigenvalue weighted by atomic mass is 10.0. The van der Waals surface area contributed by atoms with Crippen LogP contribution in [0.15, 0.2) is 47.7 Å². The maximum atomic E-state index is 14.5. The van der Waals surface area contributed by atoms with E-state index < -0.39 is 0 Å². The van der Waals surface area contributed by atoms with Crippen LogP contribution in [0, 0.1) is 12.7 Å². The highest BCUT2D eigenvalue weighted by Gasteiger charge is 2.20. The number of H-pyrrole nitrogens is 1. The lowest BCUT2D eigenvalue weighted by Gasteiger charge is -2.14. The van der Waals surface area contributed by atoms with Crippen LogP contribution in [0.1, 0.15) is 16.8 Å². The van der Waals surface area contributed by atoms with E-state index in [2.05, 4.69) is 25.3 Å². The van der Waals surface area contributed by atoms with Crippen molar-refractivity contribution in [2.75, 3.05) is 11.9 Å². The highest BCUT2D eigenvalue weighted by Crippen LogP contribution is 2.32. The number of anilines is 1. The summed E-state index contributed by atoms with van der Waals surface area (Å²) in [5.41, 5.74) is 4.56. The average Bonchev–Trinajstić information content (AvgIpc) is 3.22. The van der Waals surface area contributed by atoms with Gasteiger partial charge in [-0.05, 0) is 25.1 Å². The smallest absolute Gasteiger partial charge is 0.266 e. The second-order valence-corrected chi connectivity index (χ2v) is 7.08. The van der Waals surface area contributed by atoms with Gasteiger partial charge in [-0.2, -0.15) is 0 Å². The van der Waals surface area contributed by atoms with Crippen molar-refractivity contribution in [1.29, 1.82) is 0 Å². The number of nitrogens with zero attached hydrogens (tertiary/aromatic N) is 3. The number of benzene rings is 1. The monoisotopic (exact) mass is 403 g/mol. The molecule has 3 aromatic heterocycles. The first-order chi connectivity index (χ1) is 14.6. The molecule has 4 aromatic rings. The van der Waals surface area contributed by atoms with Crippen molar-refractivity contribution in [3.05, 3.63) is 75.8 Å². The molecule has 5 rings (SSSR count). The first-order valence-corrected chi connectivity index (χ1v) is 9.59. The zero-order valence-electron chi connectivity index (χ0n) is 16.2. The third kappa shape index (κ3) is 3.06. The highest BCUT2D eigenvalue weighted by atomic mass is 19.1. The summed E-state index contributed by atoms with van der Waals surface area (Å²) < 4.78 is 20.0. The van der Waals surface area contributed by atoms with Gasteiger partial charge in [-0.1, -0.05) is 6.07 Å². The van der Waals surface area contributed by atoms with E-state index in [0.29, 0.717) is 35.4 Å². The molecular weight excluding hydrogens is 385 g/mol. The largest absolute Gasteiger partial charge is 0.493 e. The van der Waals surface area contributed by atoms with Gasteiger partial charge in [0.15, 0.2) is 5.82 Å². The summed E-state index contributed by atoms with van der Waals surface area (Å²) in [5.74, 6) is 0.887. The standard InChI is InChI=1S/C22H18FN5O2/c1-12-13(3-2-7-24-12)16-10-27-22(21-20(16)28-19(29)11-25-21)26-9-15-14-6-8-30-18(14)5-4-17(15)23/h2-5,7,10-11H,6,8-9H2,1H3,(H,26,27)(H,28,29). The van der Waals surface area contributed by atoms with Crippen LogP contribution < -0.4 is 15.6 Å². The van der Waals surface area contributed by atoms with E-state index in [0.717, 1.165) is 28.1 Å². The first-order valence-electron chi connectivity index (χ1n) is 9.59. The Balaban J connectivity index is 1.57. The maximum Gasteiger partial charge on any atom is 0.266 e. The lowest BCUT2D eigenvalue weighted by molar-refractivity contribution is 0.356. The van der Waals surface area contributed by atoms with Crippen molar-refractivity contribution in [1.82, 2.24) is 19.9 Å². The summed E-state index contributed by atoms with van der Waals surface area (Å²) in [6, 6.07) is 6.82. The molecule has 7 nitrogen and oxygen atoms in total. The van der Waals surface area contributed by atoms with Crippen LogP contribution in [0.3, 0.4) is 0 Å². The number of aromatic nitrogens is 4. The molecule has 1 aliphatic heterocycles. The third-order valence-corrected chi connectivity index (χ3v) is 5.28. The van der Waals surface area contributed by atoms with Gasteiger partial charge in [-0.3, -0.25) is 9.78 Å². The second-order valence-electron chi connectivity index (χ2n) is 7.08. The molecule has 8 heteroatoms. The normalized spacial score (nSPS) is 12.6. The summed E-state index contributed by atoms with van der Waals surface area (Å²) in [4.78, 5) is 28.0. The van der Waals surface area contributed by atoms with Crippen LogP contribution in [-0.4, -0.2) is 26.5 Å². The van der Waals surface area contributed by atoms with Gasteiger partial charge in [-0.25, -0.2) is 14.4 Å². The second kappa shape index (κ2) is 7.22. The predicted molar refractivity (Wildman–Crippen MR) is 111 cm³/mol. The third-order valence-electron chi connectivity index (χ3n) is 5.28. The van der Waals surface area contributed by atoms with E-state index in [1.54, 1.807) is 18.5 Å². The fourth-order valence-corrected chi connectivity index (χ4v) is 3.81. The molecule has 0 spiro atoms. The molecule has 0 radical (unpaired) electrons. The zero-order valence-corrected chi connectivity index (χ0v) is 16.2. The molecule has 0 amide bonds. The van der Waals surface area contributed by atoms with Gasteiger partial charge in [0.2, 0.25) is 0 Å². The number of hydrogen-bond acceptors (Lipinski definition) is 6. The Hall–Kier alpha value is -3.81. The molecule has 0 unspecified atom stereocenters. The number of nitrogens with one attached hydrogen (secondary N) is 2. The van der Waals surface area contributed by atoms with E-state index in [4.69, 9.17) is 4.74 Å². The van der Waals surface area contributed by atoms with E-state index in [1.165, 1.54) is 12.3 Å². The first kappa shape index (κ1) is 18.2. The zero-order chi connectivity index (χ0) is 20.7. The van der Waals surface area contributed by atoms with Crippen LogP contribution in [0.25, 0.3) is 22.2 Å². The van der Waals surface area contributed by atoms with Crippen molar-refractivity contribution < 1.29 is 9.13 Å². The Morgan fingerprint density at radius 1 is 1.17 bits per heavy atom. The van der Waals surface area contributed by atoms with E-state index in [-0.39, 0.29) is 17.9 Å². The summed E-state index contributed by atoms with van der Waals surface area (Å²) in [6.45, 7) is 2.67. The van der Waals surface area contributed by atoms with Gasteiger partial charge in [-0.15, -0.1) is 0 Å². The number of fused-ring (bicyclic) bond motifs is 2. The quantitative estimate of drug-likeness (QED) is 0.543. The topological polar surface area (TPSA) is 92.8 Å². The van der Waals surface area contributed by atoms with E-state index in [1.807, 2.05) is 19.1 Å². The summed E-state index contributed by atoms with van der Waals surface area (Å²) in [7, 11) is 0. The van der Waals surface area contributed by atoms with Gasteiger partial charge in [0, 0.05) is 53.3 Å². The fraction of sp³-hybridized carbons (Fsp3) is 0.182. The predicted octanol–water partition coefficient (Wildman–Crippen LogP) is 3.37. The van der Waals surface area contributed by atoms with Crippen molar-refractivity contribution in [2.24, 2.45) is 0 Å². The molecule has 0 bridgehead atoms. The van der Waals surface area contributed by atoms with Crippen LogP contribution in [-0.2, 0) is 13.0 Å². The minimum atomic E-state index is -0.313. The molecule has 30 heavy (non-hydrogen) atoms. The molecule has 1 aliphatic rings. The summed E-state index contributed by atoms with van der Waals surface area (Å²) in [5, 5.41) is 3.18. The number of aryl methyl sites for hydroxylation is 1. The highest BCUT2D eigenvalue weighted by molar-refractivity contribution is 5.96. The van der Waals surface area contributed by atoms with E-state index >= 15 is 0 Å². The minimum Gasteiger partial charge on any atom is -0.493 e. The number of halogens is 1. The summed E-state index contributed by atoms with van der Waals surface area (Å²) >= 11 is 0. The lowest BCUT2D eigenvalue weighted by Crippen LogP contribution is -2.11. The van der Waals surface area contributed by atoms with Crippen molar-refractivity contribution in [3.8, 4) is 16.9 Å². The molecule has 0 aliphatic carbocycles. The molecule has 1 aromatic carbocycles. The number of rotatable bonds is 4. The molecule has 4 heterocycles. The number of pyridine rings is 2. The van der Waals surface area contributed by atoms with Crippen LogP contribution >= 0.6 is 0 Å². The Kier molecular flexibility index (Phi) is 4.39. The van der Waals surface area contributed by atoms with Gasteiger partial charge in [0.25, 0.3) is 5.56 Å². The maximum absolute atomic E-state index is 14.5. The number of aromatic amines is 1. The van der Waals surface area contributed by atoms with Crippen LogP contribution in [0.2, 0.25) is 0 Å². The SMILES string of the molecule is Cc1ncccc1-c1cnc(NCc2c(F)ccc3c2CCO3)c2ncc(=O)[nH]c12. The Labute approximate surface area is 171 Å². The molecule has 150 valence electrons. The molecule has 2 N–H and O–H groups in total. The van der Waals surface area contributed by atoms with Gasteiger partial charge in [0.1, 0.15) is 17.1 Å². The van der Waals surface area contributed by atoms with Crippen molar-refractivity contribution >= 4 is 16.9 Å². The van der Waals surface area contributed by atoms with Gasteiger partial charge < -0.3 is 15.0 Å². The summed E-state index contributed by atoms with van der Waals surface area (Å²) in [6.07, 6.45) is 5.26. The van der Waals surface area contributed by atoms with Crippen LogP contribution in [0.5, 0.6) is 5.75 Å². The fourth-order valence-electron chi connectivity index (χ4n) is 3.81. The Morgan fingerprint density at radius 2 is 2.07 bits per heavy atom. The van der Waals surface area contributed by atoms with Crippen LogP contribution in [0.4, 0.5) is 10.2 Å². The number of ether oxygens (including phenoxy) is 1. The molecule has 0 atom stereocenters. The Morgan fingerprint density at radius 3 is 2.93 bits per heavy atom. The molecular formula is C22H18FN5O2. The molecule has 0 fully saturated rings. The molecule has 0 saturated carbocycles. The average molecular weight is 403 g/mol. The number of hydrogen-bond donors (Lipinski definition) is 2. The molecule has 0 saturated heterocycles. The van der Waals surface area contributed by atoms with Crippen molar-refractivity contribution in [3.63, 3.8) is 0 Å². The minimum absolute atomic E-state index is 0.229. The van der Waals surface area contributed by atoms with Gasteiger partial charge in [0.05, 0.1) is 18.3 Å².